The molecule has 2 aliphatic heterocycles. The number of hydrogen-bond donors (Lipinski definition) is 2. The van der Waals surface area contributed by atoms with Gasteiger partial charge < -0.3 is 0 Å². The maximum atomic E-state index is 12.2. The Bertz CT molecular complexity index is 538. The minimum atomic E-state index is -3.69. The Kier molecular flexibility index (Phi) is 5.78. The summed E-state index contributed by atoms with van der Waals surface area (Å²) in [5, 5.41) is 7.32. The van der Waals surface area contributed by atoms with Gasteiger partial charge in [0.25, 0.3) is 0 Å². The van der Waals surface area contributed by atoms with E-state index in [1.165, 1.54) is 57.8 Å². The molecule has 2 saturated carbocycles. The molecule has 2 N–H and O–H groups in total. The molecule has 2 saturated heterocycles. The zero-order valence-electron chi connectivity index (χ0n) is 16.4. The second-order valence-electron chi connectivity index (χ2n) is 8.95. The van der Waals surface area contributed by atoms with Gasteiger partial charge >= 0.3 is 162 Å². The van der Waals surface area contributed by atoms with Gasteiger partial charge in [0, 0.05) is 0 Å². The molecule has 27 heavy (non-hydrogen) atoms. The van der Waals surface area contributed by atoms with Crippen LogP contribution in [0.25, 0.3) is 0 Å². The number of rotatable bonds is 1. The van der Waals surface area contributed by atoms with E-state index in [0.717, 1.165) is 38.5 Å². The number of hydrogen-bond acceptors (Lipinski definition) is 6. The molecule has 0 bridgehead atoms. The van der Waals surface area contributed by atoms with Crippen molar-refractivity contribution in [3.63, 3.8) is 0 Å². The molecule has 0 radical (unpaired) electrons. The van der Waals surface area contributed by atoms with Gasteiger partial charge in [-0.3, -0.25) is 0 Å². The Hall–Kier alpha value is -0.710. The van der Waals surface area contributed by atoms with Crippen LogP contribution in [0.15, 0.2) is 0 Å². The van der Waals surface area contributed by atoms with Crippen molar-refractivity contribution in [2.75, 3.05) is 0 Å². The molecular weight excluding hydrogens is 363 g/mol. The predicted octanol–water partition coefficient (Wildman–Crippen LogP) is 4.48. The molecule has 1 spiro atoms. The number of nitrogens with one attached hydrogen (secondary N) is 2. The van der Waals surface area contributed by atoms with Crippen LogP contribution in [0.4, 0.5) is 0 Å². The van der Waals surface area contributed by atoms with Crippen molar-refractivity contribution < 1.29 is 18.6 Å². The van der Waals surface area contributed by atoms with Crippen LogP contribution < -0.4 is 10.2 Å². The van der Waals surface area contributed by atoms with Crippen molar-refractivity contribution >= 4 is 19.3 Å². The summed E-state index contributed by atoms with van der Waals surface area (Å²) in [4.78, 5) is 24.4. The SMILES string of the molecule is O=C1OP2(C3CCCCCCCCCCC3)(N[C@@H]3CCCC[C@H]3N2)OC1=O. The van der Waals surface area contributed by atoms with Crippen LogP contribution in [0, 0.1) is 0 Å². The third-order valence-corrected chi connectivity index (χ3v) is 11.6. The second-order valence-corrected chi connectivity index (χ2v) is 12.6. The van der Waals surface area contributed by atoms with Gasteiger partial charge in [0.2, 0.25) is 0 Å². The molecule has 7 heteroatoms. The molecule has 0 aromatic carbocycles. The molecule has 154 valence electrons. The van der Waals surface area contributed by atoms with Crippen molar-refractivity contribution in [3.05, 3.63) is 0 Å². The molecule has 4 aliphatic rings. The summed E-state index contributed by atoms with van der Waals surface area (Å²) in [7, 11) is -3.69. The summed E-state index contributed by atoms with van der Waals surface area (Å²) < 4.78 is 11.9. The monoisotopic (exact) mass is 398 g/mol. The minimum absolute atomic E-state index is 0.0800. The van der Waals surface area contributed by atoms with E-state index in [0.29, 0.717) is 0 Å². The fourth-order valence-electron chi connectivity index (χ4n) is 5.60. The molecule has 0 unspecified atom stereocenters. The molecule has 2 heterocycles. The van der Waals surface area contributed by atoms with Gasteiger partial charge in [0.1, 0.15) is 0 Å². The van der Waals surface area contributed by atoms with Crippen molar-refractivity contribution in [1.82, 2.24) is 10.2 Å². The van der Waals surface area contributed by atoms with Crippen LogP contribution in [0.3, 0.4) is 0 Å². The average Bonchev–Trinajstić information content (AvgIpc) is 3.09. The van der Waals surface area contributed by atoms with E-state index in [1.54, 1.807) is 0 Å². The van der Waals surface area contributed by atoms with E-state index < -0.39 is 19.3 Å². The topological polar surface area (TPSA) is 76.7 Å². The van der Waals surface area contributed by atoms with Crippen molar-refractivity contribution in [2.45, 2.75) is 114 Å². The Morgan fingerprint density at radius 3 is 1.41 bits per heavy atom. The van der Waals surface area contributed by atoms with Crippen LogP contribution in [0.5, 0.6) is 0 Å². The fraction of sp³-hybridized carbons (Fsp3) is 0.900. The Morgan fingerprint density at radius 1 is 0.593 bits per heavy atom. The standard InChI is InChI=1S/C20H35N2O4P/c23-19-20(24)26-27(25-19,21-17-14-10-11-15-18(17)22-27)16-12-8-6-4-2-1-3-5-7-9-13-16/h16-18,21-22H,1-15H2/t17-,18-/m1/s1. The van der Waals surface area contributed by atoms with E-state index >= 15 is 0 Å². The normalized spacial score (nSPS) is 36.5. The molecule has 0 aromatic rings. The van der Waals surface area contributed by atoms with Crippen molar-refractivity contribution in [1.29, 1.82) is 0 Å². The van der Waals surface area contributed by atoms with E-state index in [9.17, 15) is 9.59 Å². The molecule has 6 nitrogen and oxygen atoms in total. The van der Waals surface area contributed by atoms with Gasteiger partial charge in [-0.15, -0.1) is 0 Å². The molecule has 0 aromatic heterocycles. The average molecular weight is 398 g/mol. The molecule has 2 atom stereocenters. The third-order valence-electron chi connectivity index (χ3n) is 7.02. The number of carbonyl (C=O) groups is 2. The van der Waals surface area contributed by atoms with Crippen LogP contribution in [0.1, 0.15) is 96.3 Å². The first-order valence-electron chi connectivity index (χ1n) is 11.2. The summed E-state index contributed by atoms with van der Waals surface area (Å²) in [6.07, 6.45) is 17.5. The summed E-state index contributed by atoms with van der Waals surface area (Å²) in [6, 6.07) is 0.494. The Balaban J connectivity index is 1.60. The van der Waals surface area contributed by atoms with E-state index in [4.69, 9.17) is 9.05 Å². The summed E-state index contributed by atoms with van der Waals surface area (Å²) in [5.41, 5.74) is 0.0800. The Labute approximate surface area is 162 Å². The quantitative estimate of drug-likeness (QED) is 0.501. The van der Waals surface area contributed by atoms with Gasteiger partial charge in [0.15, 0.2) is 0 Å². The zero-order valence-corrected chi connectivity index (χ0v) is 17.3. The van der Waals surface area contributed by atoms with Gasteiger partial charge in [0.05, 0.1) is 0 Å². The Morgan fingerprint density at radius 2 is 0.963 bits per heavy atom. The summed E-state index contributed by atoms with van der Waals surface area (Å²) >= 11 is 0. The first kappa shape index (κ1) is 19.6. The van der Waals surface area contributed by atoms with Crippen LogP contribution >= 0.6 is 7.36 Å². The zero-order chi connectivity index (χ0) is 18.8. The van der Waals surface area contributed by atoms with Gasteiger partial charge in [-0.1, -0.05) is 0 Å². The van der Waals surface area contributed by atoms with Crippen molar-refractivity contribution in [3.8, 4) is 0 Å². The predicted molar refractivity (Wildman–Crippen MR) is 106 cm³/mol. The van der Waals surface area contributed by atoms with Crippen molar-refractivity contribution in [2.24, 2.45) is 0 Å². The first-order valence-corrected chi connectivity index (χ1v) is 13.3. The van der Waals surface area contributed by atoms with Gasteiger partial charge in [-0.25, -0.2) is 0 Å². The molecule has 4 fully saturated rings. The van der Waals surface area contributed by atoms with E-state index in [1.807, 2.05) is 0 Å². The van der Waals surface area contributed by atoms with E-state index in [2.05, 4.69) is 10.2 Å². The maximum absolute atomic E-state index is 12.2. The first-order chi connectivity index (χ1) is 13.1. The second kappa shape index (κ2) is 7.96. The van der Waals surface area contributed by atoms with E-state index in [-0.39, 0.29) is 17.7 Å². The molecule has 2 aliphatic carbocycles. The molecule has 4 rings (SSSR count). The molecular formula is C20H35N2O4P. The van der Waals surface area contributed by atoms with Gasteiger partial charge in [-0.05, 0) is 0 Å². The number of fused-ring (bicyclic) bond motifs is 1. The third kappa shape index (κ3) is 3.77. The fourth-order valence-corrected chi connectivity index (χ4v) is 10.6. The van der Waals surface area contributed by atoms with Gasteiger partial charge in [-0.2, -0.15) is 0 Å². The van der Waals surface area contributed by atoms with Crippen LogP contribution in [-0.2, 0) is 18.6 Å². The summed E-state index contributed by atoms with van der Waals surface area (Å²) in [6.45, 7) is 0. The molecule has 0 amide bonds. The van der Waals surface area contributed by atoms with Crippen LogP contribution in [-0.4, -0.2) is 29.7 Å². The summed E-state index contributed by atoms with van der Waals surface area (Å²) in [5.74, 6) is -1.62. The number of carbonyl (C=O) groups excluding carboxylic acids is 2. The van der Waals surface area contributed by atoms with Crippen LogP contribution in [0.2, 0.25) is 0 Å².